The molecule has 2 heteroatoms. The zero-order valence-corrected chi connectivity index (χ0v) is 8.04. The van der Waals surface area contributed by atoms with E-state index in [2.05, 4.69) is 4.90 Å². The number of carbonyl (C=O) groups is 1. The van der Waals surface area contributed by atoms with Crippen molar-refractivity contribution in [3.63, 3.8) is 0 Å². The van der Waals surface area contributed by atoms with Crippen LogP contribution in [0, 0.1) is 11.8 Å². The summed E-state index contributed by atoms with van der Waals surface area (Å²) < 4.78 is 0. The fourth-order valence-corrected chi connectivity index (χ4v) is 2.90. The largest absolute Gasteiger partial charge is 0.339 e. The second kappa shape index (κ2) is 2.73. The maximum Gasteiger partial charge on any atom is 0.225 e. The smallest absolute Gasteiger partial charge is 0.225 e. The molecule has 0 aromatic carbocycles. The predicted octanol–water partition coefficient (Wildman–Crippen LogP) is 1.80. The van der Waals surface area contributed by atoms with Gasteiger partial charge in [-0.3, -0.25) is 4.79 Å². The molecule has 0 aromatic rings. The normalized spacial score (nSPS) is 38.0. The molecule has 2 aliphatic heterocycles. The van der Waals surface area contributed by atoms with Crippen LogP contribution in [-0.4, -0.2) is 23.4 Å². The number of hydrogen-bond donors (Lipinski definition) is 0. The Morgan fingerprint density at radius 1 is 1.00 bits per heavy atom. The van der Waals surface area contributed by atoms with Gasteiger partial charge in [-0.25, -0.2) is 0 Å². The molecular weight excluding hydrogens is 162 g/mol. The average Bonchev–Trinajstić information content (AvgIpc) is 3.02. The van der Waals surface area contributed by atoms with Crippen molar-refractivity contribution in [3.05, 3.63) is 0 Å². The molecule has 13 heavy (non-hydrogen) atoms. The molecule has 0 radical (unpaired) electrons. The molecule has 2 bridgehead atoms. The van der Waals surface area contributed by atoms with Crippen LogP contribution in [0.5, 0.6) is 0 Å². The Hall–Kier alpha value is -0.530. The minimum absolute atomic E-state index is 0.430. The Labute approximate surface area is 79.3 Å². The summed E-state index contributed by atoms with van der Waals surface area (Å²) in [6.07, 6.45) is 7.63. The number of rotatable bonds is 1. The van der Waals surface area contributed by atoms with Crippen LogP contribution < -0.4 is 0 Å². The number of carbonyl (C=O) groups excluding carboxylic acids is 1. The Morgan fingerprint density at radius 3 is 2.15 bits per heavy atom. The standard InChI is InChI=1S/C11H17NO/c13-11(9-3-4-9)12-7-8-1-5-10(12)6-2-8/h8-10H,1-7H2. The Morgan fingerprint density at radius 2 is 1.69 bits per heavy atom. The van der Waals surface area contributed by atoms with Crippen LogP contribution >= 0.6 is 0 Å². The summed E-state index contributed by atoms with van der Waals surface area (Å²) in [5.74, 6) is 1.75. The van der Waals surface area contributed by atoms with Crippen molar-refractivity contribution >= 4 is 5.91 Å². The molecule has 2 saturated carbocycles. The quantitative estimate of drug-likeness (QED) is 0.601. The van der Waals surface area contributed by atoms with Gasteiger partial charge in [-0.15, -0.1) is 0 Å². The van der Waals surface area contributed by atoms with Crippen LogP contribution in [-0.2, 0) is 4.79 Å². The minimum Gasteiger partial charge on any atom is -0.339 e. The Bertz CT molecular complexity index is 226. The topological polar surface area (TPSA) is 20.3 Å². The van der Waals surface area contributed by atoms with Gasteiger partial charge in [-0.05, 0) is 44.4 Å². The first-order valence-electron chi connectivity index (χ1n) is 5.65. The summed E-state index contributed by atoms with van der Waals surface area (Å²) in [7, 11) is 0. The molecule has 2 nitrogen and oxygen atoms in total. The van der Waals surface area contributed by atoms with Gasteiger partial charge in [0.15, 0.2) is 0 Å². The van der Waals surface area contributed by atoms with E-state index in [1.165, 1.54) is 25.7 Å². The molecule has 0 unspecified atom stereocenters. The van der Waals surface area contributed by atoms with Gasteiger partial charge in [0, 0.05) is 18.5 Å². The van der Waals surface area contributed by atoms with Gasteiger partial charge >= 0.3 is 0 Å². The highest BCUT2D eigenvalue weighted by molar-refractivity contribution is 5.81. The molecule has 2 aliphatic carbocycles. The molecule has 0 N–H and O–H groups in total. The van der Waals surface area contributed by atoms with Crippen LogP contribution in [0.25, 0.3) is 0 Å². The van der Waals surface area contributed by atoms with Crippen molar-refractivity contribution in [3.8, 4) is 0 Å². The molecule has 0 aromatic heterocycles. The highest BCUT2D eigenvalue weighted by Gasteiger charge is 2.41. The van der Waals surface area contributed by atoms with Crippen LogP contribution in [0.3, 0.4) is 0 Å². The molecule has 0 atom stereocenters. The SMILES string of the molecule is O=C(C1CC1)N1CC2CCC1CC2. The average molecular weight is 179 g/mol. The summed E-state index contributed by atoms with van der Waals surface area (Å²) in [5, 5.41) is 0. The van der Waals surface area contributed by atoms with E-state index in [9.17, 15) is 4.79 Å². The summed E-state index contributed by atoms with van der Waals surface area (Å²) in [6.45, 7) is 1.08. The van der Waals surface area contributed by atoms with Crippen molar-refractivity contribution in [2.75, 3.05) is 6.54 Å². The molecule has 4 fully saturated rings. The van der Waals surface area contributed by atoms with Gasteiger partial charge in [-0.2, -0.15) is 0 Å². The van der Waals surface area contributed by atoms with E-state index < -0.39 is 0 Å². The minimum atomic E-state index is 0.430. The molecule has 4 aliphatic rings. The van der Waals surface area contributed by atoms with Gasteiger partial charge in [0.1, 0.15) is 0 Å². The highest BCUT2D eigenvalue weighted by Crippen LogP contribution is 2.39. The maximum absolute atomic E-state index is 11.9. The van der Waals surface area contributed by atoms with E-state index in [4.69, 9.17) is 0 Å². The third kappa shape index (κ3) is 1.27. The molecule has 0 spiro atoms. The molecule has 1 amide bonds. The van der Waals surface area contributed by atoms with Gasteiger partial charge in [-0.1, -0.05) is 0 Å². The lowest BCUT2D eigenvalue weighted by molar-refractivity contribution is -0.140. The second-order valence-corrected chi connectivity index (χ2v) is 4.94. The van der Waals surface area contributed by atoms with Crippen molar-refractivity contribution in [2.24, 2.45) is 11.8 Å². The fraction of sp³-hybridized carbons (Fsp3) is 0.909. The first-order valence-corrected chi connectivity index (χ1v) is 5.65. The number of hydrogen-bond acceptors (Lipinski definition) is 1. The third-order valence-corrected chi connectivity index (χ3v) is 3.92. The fourth-order valence-electron chi connectivity index (χ4n) is 2.90. The van der Waals surface area contributed by atoms with E-state index in [0.29, 0.717) is 17.9 Å². The van der Waals surface area contributed by atoms with Gasteiger partial charge in [0.25, 0.3) is 0 Å². The van der Waals surface area contributed by atoms with Crippen molar-refractivity contribution in [2.45, 2.75) is 44.6 Å². The van der Waals surface area contributed by atoms with E-state index >= 15 is 0 Å². The molecule has 72 valence electrons. The number of amides is 1. The van der Waals surface area contributed by atoms with Gasteiger partial charge in [0.2, 0.25) is 5.91 Å². The summed E-state index contributed by atoms with van der Waals surface area (Å²) in [6, 6.07) is 0.623. The van der Waals surface area contributed by atoms with Crippen molar-refractivity contribution < 1.29 is 4.79 Å². The van der Waals surface area contributed by atoms with E-state index in [0.717, 1.165) is 25.3 Å². The molecule has 2 saturated heterocycles. The Kier molecular flexibility index (Phi) is 1.64. The monoisotopic (exact) mass is 179 g/mol. The zero-order chi connectivity index (χ0) is 8.84. The lowest BCUT2D eigenvalue weighted by atomic mass is 9.80. The summed E-state index contributed by atoms with van der Waals surface area (Å²) >= 11 is 0. The molecule has 2 heterocycles. The third-order valence-electron chi connectivity index (χ3n) is 3.92. The van der Waals surface area contributed by atoms with E-state index in [-0.39, 0.29) is 0 Å². The number of fused-ring (bicyclic) bond motifs is 3. The number of nitrogens with zero attached hydrogens (tertiary/aromatic N) is 1. The summed E-state index contributed by atoms with van der Waals surface area (Å²) in [5.41, 5.74) is 0. The predicted molar refractivity (Wildman–Crippen MR) is 50.2 cm³/mol. The zero-order valence-electron chi connectivity index (χ0n) is 8.04. The van der Waals surface area contributed by atoms with Crippen LogP contribution in [0.2, 0.25) is 0 Å². The Balaban J connectivity index is 1.73. The van der Waals surface area contributed by atoms with Gasteiger partial charge < -0.3 is 4.90 Å². The first-order chi connectivity index (χ1) is 6.34. The summed E-state index contributed by atoms with van der Waals surface area (Å²) in [4.78, 5) is 14.1. The first kappa shape index (κ1) is 7.84. The number of piperidine rings is 2. The van der Waals surface area contributed by atoms with E-state index in [1.807, 2.05) is 0 Å². The lowest BCUT2D eigenvalue weighted by Gasteiger charge is -2.45. The van der Waals surface area contributed by atoms with Crippen LogP contribution in [0.4, 0.5) is 0 Å². The molecular formula is C11H17NO. The molecule has 4 rings (SSSR count). The second-order valence-electron chi connectivity index (χ2n) is 4.94. The lowest BCUT2D eigenvalue weighted by Crippen LogP contribution is -2.51. The van der Waals surface area contributed by atoms with Crippen molar-refractivity contribution in [1.82, 2.24) is 4.90 Å². The highest BCUT2D eigenvalue weighted by atomic mass is 16.2. The van der Waals surface area contributed by atoms with Crippen LogP contribution in [0.1, 0.15) is 38.5 Å². The van der Waals surface area contributed by atoms with Gasteiger partial charge in [0.05, 0.1) is 0 Å². The van der Waals surface area contributed by atoms with E-state index in [1.54, 1.807) is 0 Å². The maximum atomic E-state index is 11.9. The van der Waals surface area contributed by atoms with Crippen molar-refractivity contribution in [1.29, 1.82) is 0 Å². The van der Waals surface area contributed by atoms with Crippen LogP contribution in [0.15, 0.2) is 0 Å².